The van der Waals surface area contributed by atoms with Crippen molar-refractivity contribution >= 4 is 11.9 Å². The summed E-state index contributed by atoms with van der Waals surface area (Å²) in [6, 6.07) is 0.169. The van der Waals surface area contributed by atoms with Crippen molar-refractivity contribution in [1.29, 1.82) is 0 Å². The number of hydrogen-bond acceptors (Lipinski definition) is 2. The SMILES string of the molecule is CCCC(C)N(C)C(=O)CC(C)(C)C(=O)O. The zero-order chi connectivity index (χ0) is 12.9. The Morgan fingerprint density at radius 3 is 2.25 bits per heavy atom. The Hall–Kier alpha value is -1.06. The van der Waals surface area contributed by atoms with E-state index in [2.05, 4.69) is 6.92 Å². The highest BCUT2D eigenvalue weighted by molar-refractivity contribution is 5.84. The summed E-state index contributed by atoms with van der Waals surface area (Å²) < 4.78 is 0. The summed E-state index contributed by atoms with van der Waals surface area (Å²) in [6.45, 7) is 7.20. The molecule has 0 aromatic rings. The Morgan fingerprint density at radius 2 is 1.88 bits per heavy atom. The predicted molar refractivity (Wildman–Crippen MR) is 63.2 cm³/mol. The minimum Gasteiger partial charge on any atom is -0.481 e. The first-order valence-electron chi connectivity index (χ1n) is 5.71. The fourth-order valence-corrected chi connectivity index (χ4v) is 1.44. The lowest BCUT2D eigenvalue weighted by Gasteiger charge is -2.28. The lowest BCUT2D eigenvalue weighted by Crippen LogP contribution is -2.39. The molecule has 0 heterocycles. The van der Waals surface area contributed by atoms with Crippen LogP contribution >= 0.6 is 0 Å². The van der Waals surface area contributed by atoms with E-state index in [4.69, 9.17) is 5.11 Å². The van der Waals surface area contributed by atoms with E-state index in [9.17, 15) is 9.59 Å². The van der Waals surface area contributed by atoms with Crippen LogP contribution in [0.15, 0.2) is 0 Å². The number of nitrogens with zero attached hydrogens (tertiary/aromatic N) is 1. The molecule has 0 bridgehead atoms. The summed E-state index contributed by atoms with van der Waals surface area (Å²) in [7, 11) is 1.74. The Kier molecular flexibility index (Phi) is 5.48. The fraction of sp³-hybridized carbons (Fsp3) is 0.833. The van der Waals surface area contributed by atoms with Gasteiger partial charge in [0, 0.05) is 19.5 Å². The number of carboxylic acids is 1. The summed E-state index contributed by atoms with van der Waals surface area (Å²) in [5.74, 6) is -1.04. The Balaban J connectivity index is 4.41. The fourth-order valence-electron chi connectivity index (χ4n) is 1.44. The van der Waals surface area contributed by atoms with Gasteiger partial charge < -0.3 is 10.0 Å². The molecule has 4 heteroatoms. The van der Waals surface area contributed by atoms with Crippen molar-refractivity contribution in [3.63, 3.8) is 0 Å². The van der Waals surface area contributed by atoms with Crippen LogP contribution in [0.1, 0.15) is 47.0 Å². The molecule has 1 amide bonds. The van der Waals surface area contributed by atoms with Crippen molar-refractivity contribution in [3.05, 3.63) is 0 Å². The van der Waals surface area contributed by atoms with E-state index < -0.39 is 11.4 Å². The highest BCUT2D eigenvalue weighted by Crippen LogP contribution is 2.22. The topological polar surface area (TPSA) is 57.6 Å². The third-order valence-corrected chi connectivity index (χ3v) is 2.93. The first-order chi connectivity index (χ1) is 7.22. The van der Waals surface area contributed by atoms with Crippen LogP contribution in [-0.4, -0.2) is 35.0 Å². The van der Waals surface area contributed by atoms with E-state index in [1.54, 1.807) is 25.8 Å². The lowest BCUT2D eigenvalue weighted by molar-refractivity contribution is -0.151. The number of amides is 1. The van der Waals surface area contributed by atoms with Gasteiger partial charge in [-0.05, 0) is 27.2 Å². The third-order valence-electron chi connectivity index (χ3n) is 2.93. The van der Waals surface area contributed by atoms with Crippen LogP contribution in [-0.2, 0) is 9.59 Å². The average molecular weight is 229 g/mol. The monoisotopic (exact) mass is 229 g/mol. The second kappa shape index (κ2) is 5.87. The van der Waals surface area contributed by atoms with Gasteiger partial charge in [-0.1, -0.05) is 13.3 Å². The minimum atomic E-state index is -0.989. The van der Waals surface area contributed by atoms with Crippen molar-refractivity contribution in [2.75, 3.05) is 7.05 Å². The summed E-state index contributed by atoms with van der Waals surface area (Å²) >= 11 is 0. The van der Waals surface area contributed by atoms with Crippen molar-refractivity contribution in [3.8, 4) is 0 Å². The molecule has 0 saturated carbocycles. The molecule has 0 aliphatic carbocycles. The van der Waals surface area contributed by atoms with E-state index in [0.717, 1.165) is 12.8 Å². The van der Waals surface area contributed by atoms with Crippen LogP contribution < -0.4 is 0 Å². The number of carbonyl (C=O) groups excluding carboxylic acids is 1. The molecular formula is C12H23NO3. The highest BCUT2D eigenvalue weighted by Gasteiger charge is 2.32. The van der Waals surface area contributed by atoms with E-state index in [1.165, 1.54) is 0 Å². The first-order valence-corrected chi connectivity index (χ1v) is 5.71. The van der Waals surface area contributed by atoms with Crippen LogP contribution in [0.2, 0.25) is 0 Å². The van der Waals surface area contributed by atoms with Gasteiger partial charge in [-0.3, -0.25) is 9.59 Å². The molecule has 0 rings (SSSR count). The van der Waals surface area contributed by atoms with Crippen LogP contribution in [0.25, 0.3) is 0 Å². The van der Waals surface area contributed by atoms with Crippen molar-refractivity contribution < 1.29 is 14.7 Å². The van der Waals surface area contributed by atoms with Crippen molar-refractivity contribution in [1.82, 2.24) is 4.90 Å². The normalized spacial score (nSPS) is 13.3. The smallest absolute Gasteiger partial charge is 0.309 e. The zero-order valence-corrected chi connectivity index (χ0v) is 10.9. The molecule has 0 aliphatic rings. The maximum Gasteiger partial charge on any atom is 0.309 e. The van der Waals surface area contributed by atoms with E-state index in [-0.39, 0.29) is 18.4 Å². The molecule has 0 spiro atoms. The van der Waals surface area contributed by atoms with Gasteiger partial charge in [-0.2, -0.15) is 0 Å². The quantitative estimate of drug-likeness (QED) is 0.759. The third kappa shape index (κ3) is 4.21. The van der Waals surface area contributed by atoms with Gasteiger partial charge in [0.2, 0.25) is 5.91 Å². The Labute approximate surface area is 97.6 Å². The standard InChI is InChI=1S/C12H23NO3/c1-6-7-9(2)13(5)10(14)8-12(3,4)11(15)16/h9H,6-8H2,1-5H3,(H,15,16). The van der Waals surface area contributed by atoms with Crippen molar-refractivity contribution in [2.45, 2.75) is 53.0 Å². The molecule has 0 saturated heterocycles. The zero-order valence-electron chi connectivity index (χ0n) is 10.9. The molecule has 0 aromatic heterocycles. The molecule has 0 radical (unpaired) electrons. The Bertz CT molecular complexity index is 261. The molecule has 16 heavy (non-hydrogen) atoms. The van der Waals surface area contributed by atoms with Crippen LogP contribution in [0.3, 0.4) is 0 Å². The van der Waals surface area contributed by atoms with Gasteiger partial charge in [0.15, 0.2) is 0 Å². The lowest BCUT2D eigenvalue weighted by atomic mass is 9.89. The number of aliphatic carboxylic acids is 1. The maximum absolute atomic E-state index is 11.8. The van der Waals surface area contributed by atoms with Gasteiger partial charge in [0.1, 0.15) is 0 Å². The maximum atomic E-state index is 11.8. The predicted octanol–water partition coefficient (Wildman–Crippen LogP) is 2.13. The average Bonchev–Trinajstić information content (AvgIpc) is 2.15. The van der Waals surface area contributed by atoms with Gasteiger partial charge in [-0.15, -0.1) is 0 Å². The molecule has 1 unspecified atom stereocenters. The number of rotatable bonds is 6. The molecule has 0 fully saturated rings. The molecule has 1 atom stereocenters. The first kappa shape index (κ1) is 14.9. The van der Waals surface area contributed by atoms with Crippen molar-refractivity contribution in [2.24, 2.45) is 5.41 Å². The second-order valence-corrected chi connectivity index (χ2v) is 5.01. The molecule has 1 N–H and O–H groups in total. The molecule has 94 valence electrons. The molecular weight excluding hydrogens is 206 g/mol. The van der Waals surface area contributed by atoms with Crippen LogP contribution in [0.5, 0.6) is 0 Å². The number of hydrogen-bond donors (Lipinski definition) is 1. The van der Waals surface area contributed by atoms with Gasteiger partial charge in [-0.25, -0.2) is 0 Å². The highest BCUT2D eigenvalue weighted by atomic mass is 16.4. The van der Waals surface area contributed by atoms with Gasteiger partial charge >= 0.3 is 5.97 Å². The van der Waals surface area contributed by atoms with E-state index >= 15 is 0 Å². The van der Waals surface area contributed by atoms with Gasteiger partial charge in [0.25, 0.3) is 0 Å². The van der Waals surface area contributed by atoms with Crippen LogP contribution in [0.4, 0.5) is 0 Å². The van der Waals surface area contributed by atoms with Gasteiger partial charge in [0.05, 0.1) is 5.41 Å². The molecule has 0 aromatic carbocycles. The summed E-state index contributed by atoms with van der Waals surface area (Å²) in [6.07, 6.45) is 2.00. The summed E-state index contributed by atoms with van der Waals surface area (Å²) in [5.41, 5.74) is -0.989. The van der Waals surface area contributed by atoms with E-state index in [0.29, 0.717) is 0 Å². The largest absolute Gasteiger partial charge is 0.481 e. The molecule has 4 nitrogen and oxygen atoms in total. The molecule has 0 aliphatic heterocycles. The Morgan fingerprint density at radius 1 is 1.38 bits per heavy atom. The number of carboxylic acid groups (broad SMARTS) is 1. The van der Waals surface area contributed by atoms with Crippen LogP contribution in [0, 0.1) is 5.41 Å². The minimum absolute atomic E-state index is 0.0485. The van der Waals surface area contributed by atoms with E-state index in [1.807, 2.05) is 6.92 Å². The number of carbonyl (C=O) groups is 2. The summed E-state index contributed by atoms with van der Waals surface area (Å²) in [4.78, 5) is 24.4. The second-order valence-electron chi connectivity index (χ2n) is 5.01. The summed E-state index contributed by atoms with van der Waals surface area (Å²) in [5, 5.41) is 8.94.